The van der Waals surface area contributed by atoms with Crippen LogP contribution in [0.15, 0.2) is 12.1 Å². The van der Waals surface area contributed by atoms with Gasteiger partial charge in [-0.15, -0.1) is 0 Å². The molecule has 0 spiro atoms. The number of cyclic esters (lactones) is 1. The topological polar surface area (TPSA) is 66.8 Å². The number of esters is 1. The minimum Gasteiger partial charge on any atom is -0.508 e. The average Bonchev–Trinajstić information content (AvgIpc) is 2.45. The number of aryl methyl sites for hydroxylation is 2. The van der Waals surface area contributed by atoms with E-state index < -0.39 is 0 Å². The van der Waals surface area contributed by atoms with Crippen molar-refractivity contribution in [3.8, 4) is 5.75 Å². The largest absolute Gasteiger partial charge is 0.508 e. The molecule has 4 heteroatoms. The van der Waals surface area contributed by atoms with Gasteiger partial charge in [0, 0.05) is 0 Å². The Balaban J connectivity index is 2.21. The summed E-state index contributed by atoms with van der Waals surface area (Å²) >= 11 is 0. The summed E-state index contributed by atoms with van der Waals surface area (Å²) in [5, 5.41) is 19.8. The van der Waals surface area contributed by atoms with Gasteiger partial charge in [0.25, 0.3) is 0 Å². The smallest absolute Gasteiger partial charge is 0.338 e. The molecular formula is C19H28O4. The summed E-state index contributed by atoms with van der Waals surface area (Å²) in [5.74, 6) is -0.110. The van der Waals surface area contributed by atoms with Crippen LogP contribution in [-0.4, -0.2) is 28.4 Å². The summed E-state index contributed by atoms with van der Waals surface area (Å²) in [4.78, 5) is 12.5. The van der Waals surface area contributed by atoms with Crippen molar-refractivity contribution in [2.45, 2.75) is 77.4 Å². The van der Waals surface area contributed by atoms with E-state index in [4.69, 9.17) is 4.74 Å². The van der Waals surface area contributed by atoms with Crippen LogP contribution < -0.4 is 0 Å². The first kappa shape index (κ1) is 17.8. The van der Waals surface area contributed by atoms with Gasteiger partial charge < -0.3 is 14.9 Å². The number of carbonyl (C=O) groups is 1. The Morgan fingerprint density at radius 2 is 1.83 bits per heavy atom. The van der Waals surface area contributed by atoms with Crippen LogP contribution in [0, 0.1) is 6.92 Å². The van der Waals surface area contributed by atoms with Gasteiger partial charge in [-0.3, -0.25) is 0 Å². The lowest BCUT2D eigenvalue weighted by Crippen LogP contribution is -2.18. The third kappa shape index (κ3) is 5.24. The van der Waals surface area contributed by atoms with Gasteiger partial charge >= 0.3 is 5.97 Å². The first-order chi connectivity index (χ1) is 11.0. The molecule has 23 heavy (non-hydrogen) atoms. The van der Waals surface area contributed by atoms with Crippen LogP contribution in [0.25, 0.3) is 0 Å². The first-order valence-corrected chi connectivity index (χ1v) is 8.69. The predicted octanol–water partition coefficient (Wildman–Crippen LogP) is 3.89. The number of carbonyl (C=O) groups excluding carboxylic acids is 1. The molecule has 2 unspecified atom stereocenters. The van der Waals surface area contributed by atoms with E-state index in [9.17, 15) is 15.0 Å². The third-order valence-corrected chi connectivity index (χ3v) is 4.55. The lowest BCUT2D eigenvalue weighted by molar-refractivity contribution is 0.0308. The molecule has 1 aliphatic rings. The molecule has 2 atom stereocenters. The molecule has 1 aromatic rings. The van der Waals surface area contributed by atoms with E-state index in [0.29, 0.717) is 5.56 Å². The second-order valence-electron chi connectivity index (χ2n) is 6.70. The zero-order valence-corrected chi connectivity index (χ0v) is 14.2. The van der Waals surface area contributed by atoms with Crippen LogP contribution in [0.3, 0.4) is 0 Å². The van der Waals surface area contributed by atoms with Crippen molar-refractivity contribution in [3.63, 3.8) is 0 Å². The fourth-order valence-corrected chi connectivity index (χ4v) is 3.29. The Bertz CT molecular complexity index is 538. The maximum atomic E-state index is 12.5. The minimum atomic E-state index is -0.303. The minimum absolute atomic E-state index is 0.168. The van der Waals surface area contributed by atoms with Crippen molar-refractivity contribution < 1.29 is 19.7 Å². The van der Waals surface area contributed by atoms with Crippen molar-refractivity contribution >= 4 is 5.97 Å². The summed E-state index contributed by atoms with van der Waals surface area (Å²) in [5.41, 5.74) is 2.23. The van der Waals surface area contributed by atoms with Crippen molar-refractivity contribution in [1.29, 1.82) is 0 Å². The Morgan fingerprint density at radius 1 is 1.09 bits per heavy atom. The van der Waals surface area contributed by atoms with Gasteiger partial charge in [0.05, 0.1) is 17.8 Å². The number of hydrogen-bond acceptors (Lipinski definition) is 4. The zero-order valence-electron chi connectivity index (χ0n) is 14.2. The molecule has 1 heterocycles. The van der Waals surface area contributed by atoms with Gasteiger partial charge in [-0.05, 0) is 75.6 Å². The van der Waals surface area contributed by atoms with Crippen LogP contribution >= 0.6 is 0 Å². The number of aliphatic hydroxyl groups is 1. The highest BCUT2D eigenvalue weighted by Crippen LogP contribution is 2.25. The van der Waals surface area contributed by atoms with Crippen LogP contribution in [0.4, 0.5) is 0 Å². The molecule has 0 amide bonds. The maximum Gasteiger partial charge on any atom is 0.338 e. The second-order valence-corrected chi connectivity index (χ2v) is 6.70. The zero-order chi connectivity index (χ0) is 16.8. The molecule has 0 aromatic heterocycles. The SMILES string of the molecule is Cc1cc(O)cc2c1C(=O)OC(C)CCCC(O)CCCCC2. The number of aromatic hydroxyl groups is 1. The summed E-state index contributed by atoms with van der Waals surface area (Å²) < 4.78 is 5.58. The standard InChI is InChI=1S/C19H28O4/c1-13-11-17(21)12-15-8-4-3-5-9-16(20)10-6-7-14(2)23-19(22)18(13)15/h11-12,14,16,20-21H,3-10H2,1-2H3. The quantitative estimate of drug-likeness (QED) is 0.712. The molecule has 2 rings (SSSR count). The fourth-order valence-electron chi connectivity index (χ4n) is 3.29. The number of phenolic OH excluding ortho intramolecular Hbond substituents is 1. The van der Waals surface area contributed by atoms with Crippen LogP contribution in [-0.2, 0) is 11.2 Å². The van der Waals surface area contributed by atoms with Gasteiger partial charge in [-0.25, -0.2) is 4.79 Å². The number of phenols is 1. The van der Waals surface area contributed by atoms with Crippen molar-refractivity contribution in [3.05, 3.63) is 28.8 Å². The molecule has 0 fully saturated rings. The van der Waals surface area contributed by atoms with E-state index in [1.54, 1.807) is 12.1 Å². The van der Waals surface area contributed by atoms with E-state index in [1.807, 2.05) is 13.8 Å². The summed E-state index contributed by atoms with van der Waals surface area (Å²) in [6.45, 7) is 3.73. The van der Waals surface area contributed by atoms with Gasteiger partial charge in [0.1, 0.15) is 5.75 Å². The second kappa shape index (κ2) is 8.34. The molecule has 128 valence electrons. The van der Waals surface area contributed by atoms with Gasteiger partial charge in [0.2, 0.25) is 0 Å². The molecule has 0 saturated heterocycles. The Labute approximate surface area is 138 Å². The fraction of sp³-hybridized carbons (Fsp3) is 0.632. The summed E-state index contributed by atoms with van der Waals surface area (Å²) in [6.07, 6.45) is 6.48. The first-order valence-electron chi connectivity index (χ1n) is 8.69. The average molecular weight is 320 g/mol. The Morgan fingerprint density at radius 3 is 2.61 bits per heavy atom. The maximum absolute atomic E-state index is 12.5. The van der Waals surface area contributed by atoms with Crippen LogP contribution in [0.2, 0.25) is 0 Å². The van der Waals surface area contributed by atoms with Gasteiger partial charge in [-0.1, -0.05) is 12.8 Å². The molecule has 1 aliphatic heterocycles. The number of aliphatic hydroxyl groups excluding tert-OH is 1. The van der Waals surface area contributed by atoms with Gasteiger partial charge in [0.15, 0.2) is 0 Å². The molecular weight excluding hydrogens is 292 g/mol. The monoisotopic (exact) mass is 320 g/mol. The van der Waals surface area contributed by atoms with Crippen LogP contribution in [0.5, 0.6) is 5.75 Å². The van der Waals surface area contributed by atoms with Crippen molar-refractivity contribution in [1.82, 2.24) is 0 Å². The van der Waals surface area contributed by atoms with Crippen LogP contribution in [0.1, 0.15) is 73.4 Å². The van der Waals surface area contributed by atoms with Crippen molar-refractivity contribution in [2.24, 2.45) is 0 Å². The number of ether oxygens (including phenoxy) is 1. The van der Waals surface area contributed by atoms with E-state index >= 15 is 0 Å². The highest BCUT2D eigenvalue weighted by Gasteiger charge is 2.20. The molecule has 0 bridgehead atoms. The molecule has 0 saturated carbocycles. The third-order valence-electron chi connectivity index (χ3n) is 4.55. The van der Waals surface area contributed by atoms with Gasteiger partial charge in [-0.2, -0.15) is 0 Å². The number of fused-ring (bicyclic) bond motifs is 1. The normalized spacial score (nSPS) is 24.4. The number of benzene rings is 1. The van der Waals surface area contributed by atoms with E-state index in [2.05, 4.69) is 0 Å². The Hall–Kier alpha value is -1.55. The summed E-state index contributed by atoms with van der Waals surface area (Å²) in [6, 6.07) is 3.29. The van der Waals surface area contributed by atoms with E-state index in [-0.39, 0.29) is 23.9 Å². The molecule has 1 aromatic carbocycles. The van der Waals surface area contributed by atoms with Crippen molar-refractivity contribution in [2.75, 3.05) is 0 Å². The molecule has 4 nitrogen and oxygen atoms in total. The Kier molecular flexibility index (Phi) is 6.46. The van der Waals surface area contributed by atoms with E-state index in [0.717, 1.165) is 62.5 Å². The van der Waals surface area contributed by atoms with E-state index in [1.165, 1.54) is 0 Å². The predicted molar refractivity (Wildman–Crippen MR) is 89.8 cm³/mol. The molecule has 0 radical (unpaired) electrons. The lowest BCUT2D eigenvalue weighted by Gasteiger charge is -2.18. The number of hydrogen-bond donors (Lipinski definition) is 2. The highest BCUT2D eigenvalue weighted by molar-refractivity contribution is 5.93. The molecule has 0 aliphatic carbocycles. The summed E-state index contributed by atoms with van der Waals surface area (Å²) in [7, 11) is 0. The highest BCUT2D eigenvalue weighted by atomic mass is 16.5. The number of rotatable bonds is 0. The lowest BCUT2D eigenvalue weighted by atomic mass is 9.95. The molecule has 2 N–H and O–H groups in total.